The third-order valence-electron chi connectivity index (χ3n) is 11.5. The molecule has 0 fully saturated rings. The molecule has 0 spiro atoms. The number of carbonyl (C=O) groups excluding carboxylic acids is 4. The van der Waals surface area contributed by atoms with Crippen LogP contribution in [0.2, 0.25) is 0 Å². The van der Waals surface area contributed by atoms with E-state index in [-0.39, 0.29) is 92.2 Å². The van der Waals surface area contributed by atoms with E-state index in [4.69, 9.17) is 76.7 Å². The Labute approximate surface area is 484 Å². The second-order valence-corrected chi connectivity index (χ2v) is 19.8. The Bertz CT molecular complexity index is 2250. The van der Waals surface area contributed by atoms with Gasteiger partial charge in [-0.25, -0.2) is 29.2 Å². The molecule has 0 bridgehead atoms. The molecule has 0 unspecified atom stereocenters. The number of aliphatic carboxylic acids is 2. The highest BCUT2D eigenvalue weighted by Gasteiger charge is 2.48. The van der Waals surface area contributed by atoms with Gasteiger partial charge in [0.25, 0.3) is 10.2 Å². The molecule has 2 heterocycles. The number of carbonyl (C=O) groups is 6. The topological polar surface area (TPSA) is 525 Å². The smallest absolute Gasteiger partial charge is 0.410 e. The maximum absolute atomic E-state index is 13.6. The van der Waals surface area contributed by atoms with Crippen LogP contribution in [0.5, 0.6) is 0 Å². The molecule has 10 atom stereocenters. The summed E-state index contributed by atoms with van der Waals surface area (Å²) in [5.74, 6) is -4.66. The Morgan fingerprint density at radius 3 is 1.33 bits per heavy atom. The van der Waals surface area contributed by atoms with Crippen molar-refractivity contribution in [2.75, 3.05) is 139 Å². The first-order valence-corrected chi connectivity index (χ1v) is 27.2. The monoisotopic (exact) mass is 1230 g/mol. The lowest BCUT2D eigenvalue weighted by molar-refractivity contribution is -0.147. The molecule has 17 N–H and O–H groups in total. The molecule has 84 heavy (non-hydrogen) atoms. The molecule has 0 saturated carbocycles. The molecule has 2 aliphatic rings. The molecule has 36 nitrogen and oxygen atoms in total. The number of ether oxygens (including phenoxy) is 10. The van der Waals surface area contributed by atoms with Gasteiger partial charge >= 0.3 is 24.1 Å². The van der Waals surface area contributed by atoms with E-state index < -0.39 is 144 Å². The van der Waals surface area contributed by atoms with Crippen LogP contribution in [0.4, 0.5) is 9.59 Å². The minimum Gasteiger partial charge on any atom is -0.477 e. The molecule has 37 heteroatoms. The number of likely N-dealkylation sites (N-methyl/N-ethyl adjacent to an activating group) is 2. The minimum atomic E-state index is -4.29. The molecule has 4 amide bonds. The number of carboxylic acid groups (broad SMARTS) is 2. The van der Waals surface area contributed by atoms with Crippen LogP contribution in [0.1, 0.15) is 13.8 Å². The molecule has 0 aromatic heterocycles. The number of carboxylic acids is 2. The van der Waals surface area contributed by atoms with E-state index in [0.29, 0.717) is 19.8 Å². The van der Waals surface area contributed by atoms with E-state index in [0.717, 1.165) is 40.1 Å². The molecule has 0 aliphatic carbocycles. The molecular weight excluding hydrogens is 1150 g/mol. The summed E-state index contributed by atoms with van der Waals surface area (Å²) >= 11 is 0. The molecule has 0 radical (unpaired) electrons. The van der Waals surface area contributed by atoms with Crippen molar-refractivity contribution in [1.82, 2.24) is 29.5 Å². The van der Waals surface area contributed by atoms with Crippen molar-refractivity contribution in [2.45, 2.75) is 74.6 Å². The number of amides is 4. The quantitative estimate of drug-likeness (QED) is 0.0117. The van der Waals surface area contributed by atoms with Crippen molar-refractivity contribution >= 4 is 58.1 Å². The van der Waals surface area contributed by atoms with Gasteiger partial charge in [-0.2, -0.15) is 17.4 Å². The van der Waals surface area contributed by atoms with Gasteiger partial charge in [0.05, 0.1) is 110 Å². The fourth-order valence-electron chi connectivity index (χ4n) is 7.54. The lowest BCUT2D eigenvalue weighted by Crippen LogP contribution is -2.61. The highest BCUT2D eigenvalue weighted by atomic mass is 32.2. The van der Waals surface area contributed by atoms with Crippen LogP contribution in [0.15, 0.2) is 33.7 Å². The van der Waals surface area contributed by atoms with E-state index in [1.54, 1.807) is 0 Å². The lowest BCUT2D eigenvalue weighted by Gasteiger charge is -2.40. The zero-order valence-electron chi connectivity index (χ0n) is 46.9. The van der Waals surface area contributed by atoms with Gasteiger partial charge in [-0.15, -0.1) is 6.42 Å². The van der Waals surface area contributed by atoms with E-state index in [9.17, 15) is 67.8 Å². The first-order chi connectivity index (χ1) is 39.8. The molecule has 2 rings (SSSR count). The van der Waals surface area contributed by atoms with Crippen LogP contribution in [0, 0.1) is 12.3 Å². The molecule has 2 aliphatic heterocycles. The predicted octanol–water partition coefficient (Wildman–Crippen LogP) is -7.54. The normalized spacial score (nSPS) is 19.9. The number of nitrogens with one attached hydrogen (secondary N) is 3. The number of nitrogens with two attached hydrogens (primary N) is 4. The maximum atomic E-state index is 13.6. The van der Waals surface area contributed by atoms with Gasteiger partial charge in [-0.05, 0) is 12.2 Å². The van der Waals surface area contributed by atoms with Gasteiger partial charge in [-0.1, -0.05) is 5.92 Å². The average molecular weight is 1230 g/mol. The van der Waals surface area contributed by atoms with Crippen LogP contribution in [0.25, 0.3) is 0 Å². The van der Waals surface area contributed by atoms with Crippen molar-refractivity contribution in [3.63, 3.8) is 0 Å². The number of aliphatic hydroxyl groups excluding tert-OH is 4. The van der Waals surface area contributed by atoms with E-state index in [1.165, 1.54) is 14.1 Å². The number of nitrogens with zero attached hydrogens (tertiary/aromatic N) is 5. The highest BCUT2D eigenvalue weighted by molar-refractivity contribution is 7.87. The summed E-state index contributed by atoms with van der Waals surface area (Å²) in [6, 6.07) is -5.27. The number of terminal acetylenes is 1. The van der Waals surface area contributed by atoms with Crippen LogP contribution < -0.4 is 38.3 Å². The Morgan fingerprint density at radius 1 is 0.631 bits per heavy atom. The number of hydrogen-bond acceptors (Lipinski definition) is 24. The first-order valence-electron chi connectivity index (χ1n) is 25.8. The van der Waals surface area contributed by atoms with Gasteiger partial charge in [0, 0.05) is 60.7 Å². The molecular formula is C47H80N12O24S. The summed E-state index contributed by atoms with van der Waals surface area (Å²) in [6.45, 7) is -0.411. The van der Waals surface area contributed by atoms with Crippen molar-refractivity contribution in [3.05, 3.63) is 23.7 Å². The third kappa shape index (κ3) is 26.8. The van der Waals surface area contributed by atoms with Crippen molar-refractivity contribution in [3.8, 4) is 12.3 Å². The Balaban J connectivity index is 2.14. The van der Waals surface area contributed by atoms with E-state index in [1.807, 2.05) is 0 Å². The molecule has 0 saturated heterocycles. The summed E-state index contributed by atoms with van der Waals surface area (Å²) < 4.78 is 85.5. The Hall–Kier alpha value is -6.93. The van der Waals surface area contributed by atoms with Crippen molar-refractivity contribution in [1.29, 1.82) is 0 Å². The second-order valence-electron chi connectivity index (χ2n) is 18.0. The number of hydrogen-bond donors (Lipinski definition) is 13. The van der Waals surface area contributed by atoms with E-state index in [2.05, 4.69) is 31.3 Å². The van der Waals surface area contributed by atoms with Crippen molar-refractivity contribution in [2.24, 2.45) is 32.9 Å². The average Bonchev–Trinajstić information content (AvgIpc) is 2.15. The number of aliphatic imine (C=N–C) groups is 2. The first kappa shape index (κ1) is 73.2. The Morgan fingerprint density at radius 2 is 0.988 bits per heavy atom. The fourth-order valence-corrected chi connectivity index (χ4v) is 8.70. The summed E-state index contributed by atoms with van der Waals surface area (Å²) in [5, 5.41) is 65.9. The minimum absolute atomic E-state index is 0.0617. The Kier molecular flexibility index (Phi) is 33.8. The number of aliphatic hydroxyl groups is 4. The second kappa shape index (κ2) is 38.8. The zero-order valence-corrected chi connectivity index (χ0v) is 47.7. The van der Waals surface area contributed by atoms with Gasteiger partial charge in [0.15, 0.2) is 36.3 Å². The maximum Gasteiger partial charge on any atom is 0.410 e. The molecule has 478 valence electrons. The largest absolute Gasteiger partial charge is 0.477 e. The summed E-state index contributed by atoms with van der Waals surface area (Å²) in [4.78, 5) is 85.0. The summed E-state index contributed by atoms with van der Waals surface area (Å²) in [7, 11) is -1.77. The summed E-state index contributed by atoms with van der Waals surface area (Å²) in [6.07, 6.45) is -6.01. The predicted molar refractivity (Wildman–Crippen MR) is 290 cm³/mol. The zero-order chi connectivity index (χ0) is 62.9. The van der Waals surface area contributed by atoms with Gasteiger partial charge < -0.3 is 121 Å². The summed E-state index contributed by atoms with van der Waals surface area (Å²) in [5.41, 5.74) is 22.2. The van der Waals surface area contributed by atoms with Crippen LogP contribution in [-0.2, 0) is 76.8 Å². The molecule has 0 aromatic carbocycles. The van der Waals surface area contributed by atoms with Gasteiger partial charge in [-0.3, -0.25) is 9.59 Å². The van der Waals surface area contributed by atoms with Gasteiger partial charge in [0.2, 0.25) is 23.3 Å². The van der Waals surface area contributed by atoms with Gasteiger partial charge in [0.1, 0.15) is 18.8 Å². The lowest BCUT2D eigenvalue weighted by atomic mass is 9.92. The number of rotatable bonds is 41. The highest BCUT2D eigenvalue weighted by Crippen LogP contribution is 2.29. The SMILES string of the molecule is C#CCOCCOCCOCCOCCNS(=O)(=O)N(CCOCCN(C)C(=O)O[C@@H]([C@@H]1OC(C(=O)O)=C[C@H](N=C(N)N)[C@H]1NC(C)=O)[C@H](O)CO)CCOCCN(C)C(=O)O[C@@H]([C@@H]1OC(C(=O)O)=C[C@H](N=C(N)N)[C@H]1NC(C)=O)[C@H](O)CO. The fraction of sp³-hybridized carbons (Fsp3) is 0.702. The number of guanidine groups is 2. The molecule has 0 aromatic rings. The van der Waals surface area contributed by atoms with Crippen LogP contribution in [-0.4, -0.2) is 301 Å². The third-order valence-corrected chi connectivity index (χ3v) is 13.1. The van der Waals surface area contributed by atoms with Crippen LogP contribution in [0.3, 0.4) is 0 Å². The van der Waals surface area contributed by atoms with Crippen molar-refractivity contribution < 1.29 is 115 Å². The van der Waals surface area contributed by atoms with Crippen LogP contribution >= 0.6 is 0 Å². The van der Waals surface area contributed by atoms with E-state index >= 15 is 0 Å². The standard InChI is InChI=1S/C47H80N12O24S/c1-6-12-74-18-20-78-22-23-79-21-19-75-13-7-52-84(72,73)59(10-16-76-14-8-57(4)46(70)82-38(32(64)26-60)40-36(53-28(2)62)30(55-44(48)49)24-34(80-40)42(66)67)11-17-77-15-9-58(5)47(71)83-39(33(65)27-61)41-37(54-29(3)63)31(56-45(50)51)25-35(81-41)43(68)69/h1,24-25,30-33,36-41,52,60-61,64-65H,7-23,26-27H2,2-5H3,(H,53,62)(H,54,63)(H,66,67)(H,68,69)(H4,48,49,55)(H4,50,51,56)/t30-,31-,32+,33+,36+,37+,38+,39+,40+,41+/m0/s1.